The lowest BCUT2D eigenvalue weighted by Crippen LogP contribution is -2.49. The van der Waals surface area contributed by atoms with Gasteiger partial charge in [0.15, 0.2) is 0 Å². The highest BCUT2D eigenvalue weighted by molar-refractivity contribution is 6.09. The number of amides is 2. The van der Waals surface area contributed by atoms with Crippen LogP contribution in [0.2, 0.25) is 0 Å². The van der Waals surface area contributed by atoms with Crippen molar-refractivity contribution in [3.8, 4) is 0 Å². The number of rotatable bonds is 9. The first-order valence-electron chi connectivity index (χ1n) is 13.0. The first-order valence-corrected chi connectivity index (χ1v) is 13.0. The van der Waals surface area contributed by atoms with E-state index in [1.807, 2.05) is 26.0 Å². The molecule has 0 aromatic heterocycles. The molecule has 2 aliphatic heterocycles. The first-order chi connectivity index (χ1) is 18.3. The van der Waals surface area contributed by atoms with E-state index in [-0.39, 0.29) is 24.0 Å². The van der Waals surface area contributed by atoms with Crippen molar-refractivity contribution in [1.29, 1.82) is 0 Å². The van der Waals surface area contributed by atoms with Crippen LogP contribution < -0.4 is 10.6 Å². The molecule has 10 nitrogen and oxygen atoms in total. The van der Waals surface area contributed by atoms with E-state index in [0.29, 0.717) is 49.5 Å². The van der Waals surface area contributed by atoms with Crippen molar-refractivity contribution < 1.29 is 23.9 Å². The summed E-state index contributed by atoms with van der Waals surface area (Å²) < 4.78 is 10.6. The quantitative estimate of drug-likeness (QED) is 0.304. The molecule has 2 aliphatic rings. The predicted octanol–water partition coefficient (Wildman–Crippen LogP) is 2.44. The van der Waals surface area contributed by atoms with Crippen molar-refractivity contribution in [2.45, 2.75) is 26.4 Å². The Morgan fingerprint density at radius 2 is 1.74 bits per heavy atom. The summed E-state index contributed by atoms with van der Waals surface area (Å²) in [6.07, 6.45) is -0.207. The Morgan fingerprint density at radius 1 is 1.05 bits per heavy atom. The Labute approximate surface area is 223 Å². The molecule has 2 N–H and O–H groups in total. The molecule has 2 aromatic rings. The van der Waals surface area contributed by atoms with Crippen LogP contribution >= 0.6 is 0 Å². The molecule has 2 saturated heterocycles. The van der Waals surface area contributed by atoms with E-state index in [1.54, 1.807) is 41.3 Å². The van der Waals surface area contributed by atoms with Crippen LogP contribution in [0.3, 0.4) is 0 Å². The molecule has 0 aliphatic carbocycles. The molecular weight excluding hydrogens is 486 g/mol. The molecule has 2 amide bonds. The van der Waals surface area contributed by atoms with Crippen LogP contribution in [-0.2, 0) is 14.3 Å². The van der Waals surface area contributed by atoms with Gasteiger partial charge in [0.2, 0.25) is 0 Å². The minimum Gasteiger partial charge on any atom is -0.466 e. The molecule has 0 spiro atoms. The van der Waals surface area contributed by atoms with Gasteiger partial charge in [-0.3, -0.25) is 19.4 Å². The second-order valence-corrected chi connectivity index (χ2v) is 9.48. The normalized spacial score (nSPS) is 18.9. The summed E-state index contributed by atoms with van der Waals surface area (Å²) >= 11 is 0. The zero-order valence-corrected chi connectivity index (χ0v) is 22.0. The van der Waals surface area contributed by atoms with Gasteiger partial charge in [-0.2, -0.15) is 4.99 Å². The number of esters is 1. The van der Waals surface area contributed by atoms with E-state index in [1.165, 1.54) is 0 Å². The van der Waals surface area contributed by atoms with E-state index in [9.17, 15) is 14.4 Å². The zero-order valence-electron chi connectivity index (χ0n) is 22.0. The summed E-state index contributed by atoms with van der Waals surface area (Å²) in [7, 11) is 0. The van der Waals surface area contributed by atoms with E-state index < -0.39 is 5.91 Å². The number of nitrogens with two attached hydrogens (primary N) is 1. The number of benzene rings is 2. The summed E-state index contributed by atoms with van der Waals surface area (Å²) in [6, 6.07) is 14.3. The molecular formula is C28H35N5O5. The highest BCUT2D eigenvalue weighted by Crippen LogP contribution is 2.23. The lowest BCUT2D eigenvalue weighted by atomic mass is 10.1. The number of hydrogen-bond acceptors (Lipinski definition) is 7. The first kappa shape index (κ1) is 27.3. The smallest absolute Gasteiger partial charge is 0.414 e. The second kappa shape index (κ2) is 12.7. The summed E-state index contributed by atoms with van der Waals surface area (Å²) in [6.45, 7) is 9.31. The Hall–Kier alpha value is -3.76. The number of aryl methyl sites for hydroxylation is 1. The number of nitrogens with zero attached hydrogens (tertiary/aromatic N) is 4. The van der Waals surface area contributed by atoms with Gasteiger partial charge < -0.3 is 20.1 Å². The molecule has 202 valence electrons. The molecule has 4 rings (SSSR count). The molecule has 1 unspecified atom stereocenters. The van der Waals surface area contributed by atoms with Crippen LogP contribution in [0.5, 0.6) is 0 Å². The Balaban J connectivity index is 1.27. The summed E-state index contributed by atoms with van der Waals surface area (Å²) in [5, 5.41) is 0. The molecule has 38 heavy (non-hydrogen) atoms. The number of hydrogen-bond donors (Lipinski definition) is 1. The number of carbonyl (C=O) groups excluding carboxylic acids is 3. The van der Waals surface area contributed by atoms with E-state index >= 15 is 0 Å². The molecule has 0 radical (unpaired) electrons. The second-order valence-electron chi connectivity index (χ2n) is 9.48. The molecule has 2 heterocycles. The maximum atomic E-state index is 12.6. The molecule has 1 atom stereocenters. The van der Waals surface area contributed by atoms with Gasteiger partial charge in [0.1, 0.15) is 11.9 Å². The van der Waals surface area contributed by atoms with Crippen molar-refractivity contribution in [3.05, 3.63) is 65.2 Å². The minimum atomic E-state index is -0.393. The number of aliphatic imine (C=N–C) groups is 1. The fourth-order valence-corrected chi connectivity index (χ4v) is 4.65. The number of carbonyl (C=O) groups is 3. The summed E-state index contributed by atoms with van der Waals surface area (Å²) in [5.41, 5.74) is 8.73. The van der Waals surface area contributed by atoms with Crippen molar-refractivity contribution in [1.82, 2.24) is 9.80 Å². The number of piperazine rings is 1. The highest BCUT2D eigenvalue weighted by Gasteiger charge is 2.34. The molecule has 0 bridgehead atoms. The largest absolute Gasteiger partial charge is 0.466 e. The van der Waals surface area contributed by atoms with Crippen molar-refractivity contribution in [2.24, 2.45) is 10.7 Å². The van der Waals surface area contributed by atoms with Crippen LogP contribution in [0.15, 0.2) is 53.5 Å². The van der Waals surface area contributed by atoms with E-state index in [4.69, 9.17) is 15.2 Å². The lowest BCUT2D eigenvalue weighted by molar-refractivity contribution is -0.143. The van der Waals surface area contributed by atoms with Crippen LogP contribution in [-0.4, -0.2) is 92.1 Å². The Kier molecular flexibility index (Phi) is 9.09. The summed E-state index contributed by atoms with van der Waals surface area (Å²) in [5.74, 6) is -0.435. The average molecular weight is 522 g/mol. The van der Waals surface area contributed by atoms with Gasteiger partial charge in [-0.25, -0.2) is 4.79 Å². The topological polar surface area (TPSA) is 118 Å². The van der Waals surface area contributed by atoms with Crippen LogP contribution in [0, 0.1) is 6.92 Å². The molecule has 10 heteroatoms. The van der Waals surface area contributed by atoms with Crippen LogP contribution in [0.25, 0.3) is 0 Å². The number of amidine groups is 1. The van der Waals surface area contributed by atoms with Gasteiger partial charge in [0.05, 0.1) is 19.6 Å². The molecule has 2 aromatic carbocycles. The lowest BCUT2D eigenvalue weighted by Gasteiger charge is -2.35. The van der Waals surface area contributed by atoms with Gasteiger partial charge in [-0.1, -0.05) is 18.2 Å². The fourth-order valence-electron chi connectivity index (χ4n) is 4.65. The van der Waals surface area contributed by atoms with Gasteiger partial charge in [0.25, 0.3) is 5.91 Å². The van der Waals surface area contributed by atoms with Crippen LogP contribution in [0.4, 0.5) is 10.5 Å². The third-order valence-electron chi connectivity index (χ3n) is 6.81. The highest BCUT2D eigenvalue weighted by atomic mass is 16.6. The van der Waals surface area contributed by atoms with E-state index in [2.05, 4.69) is 14.8 Å². The van der Waals surface area contributed by atoms with Gasteiger partial charge in [0, 0.05) is 56.1 Å². The molecule has 2 fully saturated rings. The van der Waals surface area contributed by atoms with Gasteiger partial charge in [-0.15, -0.1) is 0 Å². The maximum absolute atomic E-state index is 12.6. The monoisotopic (exact) mass is 521 g/mol. The van der Waals surface area contributed by atoms with Crippen molar-refractivity contribution >= 4 is 29.5 Å². The number of anilines is 1. The predicted molar refractivity (Wildman–Crippen MR) is 144 cm³/mol. The fraction of sp³-hybridized carbons (Fsp3) is 0.429. The maximum Gasteiger partial charge on any atom is 0.414 e. The third-order valence-corrected chi connectivity index (χ3v) is 6.81. The van der Waals surface area contributed by atoms with Crippen molar-refractivity contribution in [3.63, 3.8) is 0 Å². The van der Waals surface area contributed by atoms with Gasteiger partial charge in [-0.05, 0) is 49.7 Å². The number of cyclic esters (lactones) is 1. The third kappa shape index (κ3) is 6.96. The van der Waals surface area contributed by atoms with Crippen molar-refractivity contribution in [2.75, 3.05) is 57.3 Å². The number of ether oxygens (including phenoxy) is 2. The van der Waals surface area contributed by atoms with Gasteiger partial charge >= 0.3 is 12.1 Å². The zero-order chi connectivity index (χ0) is 27.1. The summed E-state index contributed by atoms with van der Waals surface area (Å²) in [4.78, 5) is 46.9. The minimum absolute atomic E-state index is 0.119. The Bertz CT molecular complexity index is 1170. The standard InChI is InChI=1S/C28H35N5O5/c1-3-37-25(34)12-13-31-14-16-32(17-15-31)18-23-19-33(28(36)38-23)22-10-8-21(9-11-22)26(29)30-27(35)24-7-5-4-6-20(24)2/h4-11,23H,3,12-19H2,1-2H3,(H2,29,30,35). The molecule has 0 saturated carbocycles. The Morgan fingerprint density at radius 3 is 2.42 bits per heavy atom. The van der Waals surface area contributed by atoms with Crippen LogP contribution in [0.1, 0.15) is 34.8 Å². The average Bonchev–Trinajstić information content (AvgIpc) is 3.28. The van der Waals surface area contributed by atoms with E-state index in [0.717, 1.165) is 31.7 Å². The SMILES string of the molecule is CCOC(=O)CCN1CCN(CC2CN(c3ccc(C(N)=NC(=O)c4ccccc4C)cc3)C(=O)O2)CC1.